The van der Waals surface area contributed by atoms with Crippen molar-refractivity contribution >= 4 is 42.9 Å². The molecule has 6 aromatic rings. The van der Waals surface area contributed by atoms with E-state index in [0.29, 0.717) is 39.0 Å². The molecule has 0 bridgehead atoms. The van der Waals surface area contributed by atoms with E-state index in [4.69, 9.17) is 32.7 Å². The maximum atomic E-state index is 13.1. The van der Waals surface area contributed by atoms with Gasteiger partial charge in [0.25, 0.3) is 0 Å². The summed E-state index contributed by atoms with van der Waals surface area (Å²) >= 11 is 11.9. The quantitative estimate of drug-likeness (QED) is 0.137. The third kappa shape index (κ3) is 8.33. The number of benzene rings is 6. The van der Waals surface area contributed by atoms with Crippen LogP contribution in [0.3, 0.4) is 0 Å². The van der Waals surface area contributed by atoms with Gasteiger partial charge in [-0.1, -0.05) is 68.2 Å². The smallest absolute Gasteiger partial charge is 0.206 e. The van der Waals surface area contributed by atoms with E-state index >= 15 is 0 Å². The van der Waals surface area contributed by atoms with Gasteiger partial charge in [-0.2, -0.15) is 0 Å². The first kappa shape index (κ1) is 38.7. The standard InChI is InChI=1S/C45H40Cl2O6S2/c1-31-28-44(2,3)30-45(29-31,32-4-12-36(13-5-32)52-38-16-24-42(25-17-38)54(48,49)40-20-8-34(46)9-21-40)33-6-14-37(15-7-33)53-39-18-26-43(27-19-39)55(50,51)41-22-10-35(47)11-23-41/h4-27,31H,28-30H2,1-3H3. The molecule has 0 aliphatic heterocycles. The van der Waals surface area contributed by atoms with Gasteiger partial charge in [-0.15, -0.1) is 0 Å². The van der Waals surface area contributed by atoms with Crippen LogP contribution in [0.5, 0.6) is 23.0 Å². The Morgan fingerprint density at radius 3 is 1.07 bits per heavy atom. The molecule has 1 aliphatic carbocycles. The fraction of sp³-hybridized carbons (Fsp3) is 0.200. The number of rotatable bonds is 10. The normalized spacial score (nSPS) is 16.6. The van der Waals surface area contributed by atoms with Crippen LogP contribution in [0, 0.1) is 11.3 Å². The highest BCUT2D eigenvalue weighted by molar-refractivity contribution is 7.91. The van der Waals surface area contributed by atoms with E-state index in [-0.39, 0.29) is 30.4 Å². The van der Waals surface area contributed by atoms with E-state index in [2.05, 4.69) is 45.0 Å². The second-order valence-electron chi connectivity index (χ2n) is 15.0. The van der Waals surface area contributed by atoms with Gasteiger partial charge in [0, 0.05) is 15.5 Å². The van der Waals surface area contributed by atoms with Gasteiger partial charge in [-0.3, -0.25) is 0 Å². The van der Waals surface area contributed by atoms with Crippen LogP contribution in [-0.4, -0.2) is 16.8 Å². The average Bonchev–Trinajstić information content (AvgIpc) is 3.15. The van der Waals surface area contributed by atoms with Gasteiger partial charge in [0.05, 0.1) is 19.6 Å². The largest absolute Gasteiger partial charge is 0.457 e. The van der Waals surface area contributed by atoms with Gasteiger partial charge in [0.15, 0.2) is 0 Å². The fourth-order valence-corrected chi connectivity index (χ4v) is 10.8. The predicted octanol–water partition coefficient (Wildman–Crippen LogP) is 12.4. The Morgan fingerprint density at radius 2 is 0.764 bits per heavy atom. The molecule has 0 N–H and O–H groups in total. The Labute approximate surface area is 333 Å². The average molecular weight is 812 g/mol. The summed E-state index contributed by atoms with van der Waals surface area (Å²) in [6.45, 7) is 6.98. The maximum Gasteiger partial charge on any atom is 0.206 e. The molecule has 6 nitrogen and oxygen atoms in total. The van der Waals surface area contributed by atoms with Crippen LogP contribution in [0.1, 0.15) is 51.2 Å². The molecule has 0 amide bonds. The minimum Gasteiger partial charge on any atom is -0.457 e. The van der Waals surface area contributed by atoms with E-state index in [1.165, 1.54) is 35.4 Å². The second kappa shape index (κ2) is 15.1. The number of hydrogen-bond donors (Lipinski definition) is 0. The first-order chi connectivity index (χ1) is 26.1. The van der Waals surface area contributed by atoms with Crippen molar-refractivity contribution in [2.45, 2.75) is 65.0 Å². The molecule has 0 radical (unpaired) electrons. The summed E-state index contributed by atoms with van der Waals surface area (Å²) in [4.78, 5) is 0.689. The van der Waals surface area contributed by atoms with E-state index in [1.807, 2.05) is 24.3 Å². The topological polar surface area (TPSA) is 86.7 Å². The molecular weight excluding hydrogens is 772 g/mol. The minimum absolute atomic E-state index is 0.101. The summed E-state index contributed by atoms with van der Waals surface area (Å²) in [6, 6.07) is 41.4. The van der Waals surface area contributed by atoms with Gasteiger partial charge >= 0.3 is 0 Å². The maximum absolute atomic E-state index is 13.1. The second-order valence-corrected chi connectivity index (χ2v) is 19.8. The van der Waals surface area contributed by atoms with Gasteiger partial charge in [0.1, 0.15) is 23.0 Å². The van der Waals surface area contributed by atoms with Crippen LogP contribution < -0.4 is 9.47 Å². The third-order valence-corrected chi connectivity index (χ3v) is 14.3. The van der Waals surface area contributed by atoms with Crippen molar-refractivity contribution in [2.24, 2.45) is 11.3 Å². The van der Waals surface area contributed by atoms with Gasteiger partial charge in [0.2, 0.25) is 19.7 Å². The summed E-state index contributed by atoms with van der Waals surface area (Å²) in [7, 11) is -7.38. The third-order valence-electron chi connectivity index (χ3n) is 10.2. The van der Waals surface area contributed by atoms with Crippen LogP contribution in [0.15, 0.2) is 165 Å². The summed E-state index contributed by atoms with van der Waals surface area (Å²) in [5.41, 5.74) is 2.22. The van der Waals surface area contributed by atoms with Crippen molar-refractivity contribution in [3.05, 3.63) is 167 Å². The zero-order valence-electron chi connectivity index (χ0n) is 30.6. The van der Waals surface area contributed by atoms with E-state index in [0.717, 1.165) is 19.3 Å². The molecule has 10 heteroatoms. The lowest BCUT2D eigenvalue weighted by Crippen LogP contribution is -2.41. The lowest BCUT2D eigenvalue weighted by molar-refractivity contribution is 0.127. The lowest BCUT2D eigenvalue weighted by Gasteiger charge is -2.48. The zero-order valence-corrected chi connectivity index (χ0v) is 33.7. The highest BCUT2D eigenvalue weighted by atomic mass is 35.5. The van der Waals surface area contributed by atoms with Crippen LogP contribution in [0.25, 0.3) is 0 Å². The molecule has 0 saturated heterocycles. The molecule has 0 spiro atoms. The molecule has 1 aliphatic rings. The Kier molecular flexibility index (Phi) is 10.7. The Hall–Kier alpha value is -4.60. The first-order valence-corrected chi connectivity index (χ1v) is 21.6. The van der Waals surface area contributed by atoms with Crippen molar-refractivity contribution < 1.29 is 26.3 Å². The Balaban J connectivity index is 1.09. The summed E-state index contributed by atoms with van der Waals surface area (Å²) in [5, 5.41) is 0.940. The highest BCUT2D eigenvalue weighted by Gasteiger charge is 2.45. The monoisotopic (exact) mass is 810 g/mol. The molecule has 0 aromatic heterocycles. The molecule has 55 heavy (non-hydrogen) atoms. The predicted molar refractivity (Wildman–Crippen MR) is 217 cm³/mol. The highest BCUT2D eigenvalue weighted by Crippen LogP contribution is 2.54. The molecule has 7 rings (SSSR count). The number of hydrogen-bond acceptors (Lipinski definition) is 6. The summed E-state index contributed by atoms with van der Waals surface area (Å²) < 4.78 is 64.7. The molecule has 1 atom stereocenters. The van der Waals surface area contributed by atoms with Crippen molar-refractivity contribution in [3.8, 4) is 23.0 Å². The fourth-order valence-electron chi connectivity index (χ4n) is 8.01. The SMILES string of the molecule is CC1CC(C)(C)CC(c2ccc(Oc3ccc(S(=O)(=O)c4ccc(Cl)cc4)cc3)cc2)(c2ccc(Oc3ccc(S(=O)(=O)c4ccc(Cl)cc4)cc3)cc2)C1. The van der Waals surface area contributed by atoms with Crippen molar-refractivity contribution in [1.82, 2.24) is 0 Å². The van der Waals surface area contributed by atoms with Gasteiger partial charge in [-0.25, -0.2) is 16.8 Å². The number of ether oxygens (including phenoxy) is 2. The van der Waals surface area contributed by atoms with Gasteiger partial charge < -0.3 is 9.47 Å². The number of sulfone groups is 2. The molecule has 6 aromatic carbocycles. The van der Waals surface area contributed by atoms with E-state index in [1.54, 1.807) is 72.8 Å². The molecule has 0 heterocycles. The van der Waals surface area contributed by atoms with E-state index in [9.17, 15) is 16.8 Å². The van der Waals surface area contributed by atoms with Crippen LogP contribution >= 0.6 is 23.2 Å². The molecule has 1 unspecified atom stereocenters. The van der Waals surface area contributed by atoms with Crippen molar-refractivity contribution in [2.75, 3.05) is 0 Å². The van der Waals surface area contributed by atoms with Crippen molar-refractivity contribution in [1.29, 1.82) is 0 Å². The van der Waals surface area contributed by atoms with Crippen molar-refractivity contribution in [3.63, 3.8) is 0 Å². The van der Waals surface area contributed by atoms with Crippen LogP contribution in [0.2, 0.25) is 10.0 Å². The lowest BCUT2D eigenvalue weighted by atomic mass is 9.55. The first-order valence-electron chi connectivity index (χ1n) is 17.9. The van der Waals surface area contributed by atoms with Gasteiger partial charge in [-0.05, 0) is 163 Å². The van der Waals surface area contributed by atoms with Crippen LogP contribution in [0.4, 0.5) is 0 Å². The molecule has 282 valence electrons. The molecular formula is C45H40Cl2O6S2. The summed E-state index contributed by atoms with van der Waals surface area (Å²) in [5.74, 6) is 2.83. The van der Waals surface area contributed by atoms with Crippen LogP contribution in [-0.2, 0) is 25.1 Å². The molecule has 1 fully saturated rings. The summed E-state index contributed by atoms with van der Waals surface area (Å²) in [6.07, 6.45) is 3.06. The minimum atomic E-state index is -3.69. The Morgan fingerprint density at radius 1 is 0.473 bits per heavy atom. The zero-order chi connectivity index (χ0) is 39.0. The Bertz CT molecular complexity index is 2330. The molecule has 1 saturated carbocycles. The van der Waals surface area contributed by atoms with E-state index < -0.39 is 19.7 Å². The number of halogens is 2.